The molecule has 5 heteroatoms. The number of ketones is 1. The second-order valence-electron chi connectivity index (χ2n) is 4.74. The third-order valence-electron chi connectivity index (χ3n) is 3.14. The van der Waals surface area contributed by atoms with Gasteiger partial charge in [0.25, 0.3) is 0 Å². The summed E-state index contributed by atoms with van der Waals surface area (Å²) in [7, 11) is 0. The molecular weight excluding hydrogens is 230 g/mol. The summed E-state index contributed by atoms with van der Waals surface area (Å²) < 4.78 is 7.25. The number of aromatic nitrogens is 2. The molecule has 0 bridgehead atoms. The minimum Gasteiger partial charge on any atom is -0.379 e. The van der Waals surface area contributed by atoms with E-state index >= 15 is 0 Å². The first kappa shape index (κ1) is 13.2. The molecule has 5 nitrogen and oxygen atoms in total. The molecule has 0 radical (unpaired) electrons. The number of Topliss-reactive ketones (excluding diaryl/α,β-unsaturated/α-hetero) is 1. The fourth-order valence-corrected chi connectivity index (χ4v) is 2.32. The van der Waals surface area contributed by atoms with Gasteiger partial charge >= 0.3 is 0 Å². The van der Waals surface area contributed by atoms with Crippen molar-refractivity contribution in [2.24, 2.45) is 0 Å². The molecule has 1 aliphatic rings. The van der Waals surface area contributed by atoms with Crippen LogP contribution in [-0.2, 0) is 22.5 Å². The highest BCUT2D eigenvalue weighted by Crippen LogP contribution is 2.08. The van der Waals surface area contributed by atoms with Crippen LogP contribution in [0.25, 0.3) is 0 Å². The van der Waals surface area contributed by atoms with Crippen LogP contribution in [0, 0.1) is 6.92 Å². The van der Waals surface area contributed by atoms with Crippen LogP contribution >= 0.6 is 0 Å². The summed E-state index contributed by atoms with van der Waals surface area (Å²) in [6.45, 7) is 7.02. The third kappa shape index (κ3) is 3.40. The summed E-state index contributed by atoms with van der Waals surface area (Å²) in [5, 5.41) is 7.65. The predicted octanol–water partition coefficient (Wildman–Crippen LogP) is 0.702. The molecule has 0 aromatic carbocycles. The van der Waals surface area contributed by atoms with Crippen LogP contribution in [0.15, 0.2) is 6.07 Å². The quantitative estimate of drug-likeness (QED) is 0.837. The van der Waals surface area contributed by atoms with Gasteiger partial charge in [0.05, 0.1) is 18.9 Å². The number of hydrogen-bond donors (Lipinski definition) is 1. The molecule has 2 heterocycles. The monoisotopic (exact) mass is 251 g/mol. The van der Waals surface area contributed by atoms with Crippen LogP contribution in [0.4, 0.5) is 0 Å². The molecule has 0 aliphatic carbocycles. The van der Waals surface area contributed by atoms with E-state index in [-0.39, 0.29) is 11.8 Å². The van der Waals surface area contributed by atoms with Gasteiger partial charge in [-0.05, 0) is 19.9 Å². The Labute approximate surface area is 108 Å². The molecule has 1 aromatic rings. The topological polar surface area (TPSA) is 56.2 Å². The number of nitrogens with zero attached hydrogens (tertiary/aromatic N) is 2. The largest absolute Gasteiger partial charge is 0.379 e. The number of hydrogen-bond acceptors (Lipinski definition) is 4. The number of rotatable bonds is 5. The van der Waals surface area contributed by atoms with Gasteiger partial charge in [0.2, 0.25) is 0 Å². The normalized spacial score (nSPS) is 20.0. The Morgan fingerprint density at radius 1 is 1.67 bits per heavy atom. The lowest BCUT2D eigenvalue weighted by Gasteiger charge is -2.23. The van der Waals surface area contributed by atoms with E-state index in [0.717, 1.165) is 31.1 Å². The van der Waals surface area contributed by atoms with Crippen LogP contribution in [0.2, 0.25) is 0 Å². The molecule has 1 aliphatic heterocycles. The van der Waals surface area contributed by atoms with Crippen molar-refractivity contribution in [1.29, 1.82) is 0 Å². The molecule has 2 rings (SSSR count). The lowest BCUT2D eigenvalue weighted by atomic mass is 10.1. The van der Waals surface area contributed by atoms with E-state index in [2.05, 4.69) is 10.4 Å². The van der Waals surface area contributed by atoms with Gasteiger partial charge in [0.15, 0.2) is 0 Å². The lowest BCUT2D eigenvalue weighted by molar-refractivity contribution is -0.119. The van der Waals surface area contributed by atoms with Gasteiger partial charge in [-0.3, -0.25) is 9.48 Å². The molecule has 0 saturated carbocycles. The molecule has 18 heavy (non-hydrogen) atoms. The Morgan fingerprint density at radius 2 is 2.50 bits per heavy atom. The SMILES string of the molecule is CCn1nc(C)cc1CC(=O)CC1COCCN1. The maximum absolute atomic E-state index is 12.0. The highest BCUT2D eigenvalue weighted by atomic mass is 16.5. The number of carbonyl (C=O) groups is 1. The maximum Gasteiger partial charge on any atom is 0.140 e. The minimum atomic E-state index is 0.172. The summed E-state index contributed by atoms with van der Waals surface area (Å²) in [5.41, 5.74) is 1.98. The smallest absolute Gasteiger partial charge is 0.140 e. The summed E-state index contributed by atoms with van der Waals surface area (Å²) in [6.07, 6.45) is 1.00. The number of morpholine rings is 1. The molecule has 1 atom stereocenters. The van der Waals surface area contributed by atoms with Crippen molar-refractivity contribution in [2.75, 3.05) is 19.8 Å². The highest BCUT2D eigenvalue weighted by molar-refractivity contribution is 5.81. The van der Waals surface area contributed by atoms with Crippen LogP contribution in [0.3, 0.4) is 0 Å². The molecule has 1 fully saturated rings. The Kier molecular flexibility index (Phi) is 4.49. The van der Waals surface area contributed by atoms with E-state index in [1.54, 1.807) is 0 Å². The van der Waals surface area contributed by atoms with Crippen molar-refractivity contribution in [2.45, 2.75) is 39.3 Å². The summed E-state index contributed by atoms with van der Waals surface area (Å²) in [6, 6.07) is 2.16. The molecule has 1 N–H and O–H groups in total. The van der Waals surface area contributed by atoms with Crippen molar-refractivity contribution in [3.05, 3.63) is 17.5 Å². The second-order valence-corrected chi connectivity index (χ2v) is 4.74. The van der Waals surface area contributed by atoms with Crippen molar-refractivity contribution in [1.82, 2.24) is 15.1 Å². The minimum absolute atomic E-state index is 0.172. The first-order chi connectivity index (χ1) is 8.69. The van der Waals surface area contributed by atoms with Crippen LogP contribution < -0.4 is 5.32 Å². The zero-order valence-corrected chi connectivity index (χ0v) is 11.1. The molecule has 1 unspecified atom stereocenters. The van der Waals surface area contributed by atoms with Crippen molar-refractivity contribution in [3.63, 3.8) is 0 Å². The standard InChI is InChI=1S/C13H21N3O2/c1-3-16-12(6-10(2)15-16)8-13(17)7-11-9-18-5-4-14-11/h6,11,14H,3-5,7-9H2,1-2H3. The van der Waals surface area contributed by atoms with Crippen LogP contribution in [-0.4, -0.2) is 41.4 Å². The highest BCUT2D eigenvalue weighted by Gasteiger charge is 2.18. The van der Waals surface area contributed by atoms with E-state index < -0.39 is 0 Å². The van der Waals surface area contributed by atoms with E-state index in [9.17, 15) is 4.79 Å². The van der Waals surface area contributed by atoms with E-state index in [1.165, 1.54) is 0 Å². The van der Waals surface area contributed by atoms with Gasteiger partial charge in [-0.1, -0.05) is 0 Å². The van der Waals surface area contributed by atoms with Gasteiger partial charge in [-0.25, -0.2) is 0 Å². The van der Waals surface area contributed by atoms with Gasteiger partial charge in [-0.2, -0.15) is 5.10 Å². The third-order valence-corrected chi connectivity index (χ3v) is 3.14. The zero-order valence-electron chi connectivity index (χ0n) is 11.1. The fraction of sp³-hybridized carbons (Fsp3) is 0.692. The number of nitrogens with one attached hydrogen (secondary N) is 1. The average molecular weight is 251 g/mol. The van der Waals surface area contributed by atoms with Crippen molar-refractivity contribution < 1.29 is 9.53 Å². The molecule has 1 aromatic heterocycles. The summed E-state index contributed by atoms with van der Waals surface area (Å²) in [4.78, 5) is 12.0. The van der Waals surface area contributed by atoms with Crippen molar-refractivity contribution >= 4 is 5.78 Å². The Morgan fingerprint density at radius 3 is 3.17 bits per heavy atom. The molecule has 0 amide bonds. The number of carbonyl (C=O) groups excluding carboxylic acids is 1. The molecule has 0 spiro atoms. The van der Waals surface area contributed by atoms with E-state index in [1.807, 2.05) is 24.6 Å². The lowest BCUT2D eigenvalue weighted by Crippen LogP contribution is -2.42. The van der Waals surface area contributed by atoms with Gasteiger partial charge in [0, 0.05) is 37.7 Å². The van der Waals surface area contributed by atoms with Crippen molar-refractivity contribution in [3.8, 4) is 0 Å². The van der Waals surface area contributed by atoms with E-state index in [0.29, 0.717) is 19.4 Å². The first-order valence-electron chi connectivity index (χ1n) is 6.55. The second kappa shape index (κ2) is 6.11. The van der Waals surface area contributed by atoms with Crippen LogP contribution in [0.1, 0.15) is 24.7 Å². The first-order valence-corrected chi connectivity index (χ1v) is 6.55. The Hall–Kier alpha value is -1.20. The van der Waals surface area contributed by atoms with Gasteiger partial charge in [-0.15, -0.1) is 0 Å². The maximum atomic E-state index is 12.0. The number of ether oxygens (including phenoxy) is 1. The zero-order chi connectivity index (χ0) is 13.0. The molecule has 100 valence electrons. The Bertz CT molecular complexity index is 408. The molecular formula is C13H21N3O2. The fourth-order valence-electron chi connectivity index (χ4n) is 2.32. The Balaban J connectivity index is 1.89. The average Bonchev–Trinajstić information content (AvgIpc) is 2.70. The summed E-state index contributed by atoms with van der Waals surface area (Å²) in [5.74, 6) is 0.243. The van der Waals surface area contributed by atoms with E-state index in [4.69, 9.17) is 4.74 Å². The molecule has 1 saturated heterocycles. The van der Waals surface area contributed by atoms with Crippen LogP contribution in [0.5, 0.6) is 0 Å². The predicted molar refractivity (Wildman–Crippen MR) is 68.6 cm³/mol. The van der Waals surface area contributed by atoms with Gasteiger partial charge < -0.3 is 10.1 Å². The van der Waals surface area contributed by atoms with Gasteiger partial charge in [0.1, 0.15) is 5.78 Å². The summed E-state index contributed by atoms with van der Waals surface area (Å²) >= 11 is 0. The number of aryl methyl sites for hydroxylation is 2.